The predicted molar refractivity (Wildman–Crippen MR) is 72.0 cm³/mol. The Kier molecular flexibility index (Phi) is 5.48. The minimum Gasteiger partial charge on any atom is -0.459 e. The molecule has 112 valence electrons. The van der Waals surface area contributed by atoms with Gasteiger partial charge in [-0.05, 0) is 44.9 Å². The Balaban J connectivity index is 2.82. The zero-order valence-corrected chi connectivity index (χ0v) is 12.2. The highest BCUT2D eigenvalue weighted by Crippen LogP contribution is 2.26. The molecule has 1 atom stereocenters. The van der Waals surface area contributed by atoms with Crippen LogP contribution in [0, 0.1) is 0 Å². The molecular formula is C15H20F2O3. The van der Waals surface area contributed by atoms with Crippen molar-refractivity contribution in [3.63, 3.8) is 0 Å². The van der Waals surface area contributed by atoms with Gasteiger partial charge in [0.2, 0.25) is 0 Å². The minimum absolute atomic E-state index is 0.0720. The number of alkyl halides is 2. The summed E-state index contributed by atoms with van der Waals surface area (Å²) in [5, 5.41) is 0. The number of hydrogen-bond donors (Lipinski definition) is 0. The van der Waals surface area contributed by atoms with Gasteiger partial charge in [0.1, 0.15) is 11.4 Å². The van der Waals surface area contributed by atoms with Gasteiger partial charge in [0.25, 0.3) is 0 Å². The van der Waals surface area contributed by atoms with Crippen LogP contribution in [0.15, 0.2) is 24.3 Å². The summed E-state index contributed by atoms with van der Waals surface area (Å²) in [6, 6.07) is 6.06. The second-order valence-electron chi connectivity index (χ2n) is 5.44. The SMILES string of the molecule is CCC(C(=O)OC(C)(C)C)c1ccc(OC(F)F)cc1. The molecule has 5 heteroatoms. The lowest BCUT2D eigenvalue weighted by molar-refractivity contribution is -0.156. The van der Waals surface area contributed by atoms with Crippen molar-refractivity contribution in [1.29, 1.82) is 0 Å². The van der Waals surface area contributed by atoms with Crippen LogP contribution in [0.25, 0.3) is 0 Å². The van der Waals surface area contributed by atoms with Crippen LogP contribution in [0.1, 0.15) is 45.6 Å². The summed E-state index contributed by atoms with van der Waals surface area (Å²) in [6.07, 6.45) is 0.573. The fraction of sp³-hybridized carbons (Fsp3) is 0.533. The molecule has 0 spiro atoms. The lowest BCUT2D eigenvalue weighted by Crippen LogP contribution is -2.27. The quantitative estimate of drug-likeness (QED) is 0.764. The van der Waals surface area contributed by atoms with Crippen molar-refractivity contribution in [3.8, 4) is 5.75 Å². The van der Waals surface area contributed by atoms with Crippen LogP contribution in [-0.2, 0) is 9.53 Å². The summed E-state index contributed by atoms with van der Waals surface area (Å²) in [5.41, 5.74) is 0.173. The molecule has 0 saturated heterocycles. The van der Waals surface area contributed by atoms with Crippen molar-refractivity contribution >= 4 is 5.97 Å². The van der Waals surface area contributed by atoms with Crippen molar-refractivity contribution in [1.82, 2.24) is 0 Å². The van der Waals surface area contributed by atoms with E-state index in [0.717, 1.165) is 5.56 Å². The van der Waals surface area contributed by atoms with Gasteiger partial charge >= 0.3 is 12.6 Å². The maximum absolute atomic E-state index is 12.1. The van der Waals surface area contributed by atoms with Gasteiger partial charge in [0.05, 0.1) is 5.92 Å². The fourth-order valence-corrected chi connectivity index (χ4v) is 1.79. The Labute approximate surface area is 117 Å². The highest BCUT2D eigenvalue weighted by Gasteiger charge is 2.25. The van der Waals surface area contributed by atoms with E-state index in [1.54, 1.807) is 32.9 Å². The third-order valence-electron chi connectivity index (χ3n) is 2.61. The summed E-state index contributed by atoms with van der Waals surface area (Å²) in [4.78, 5) is 12.1. The van der Waals surface area contributed by atoms with Crippen molar-refractivity contribution in [2.24, 2.45) is 0 Å². The first kappa shape index (κ1) is 16.4. The summed E-state index contributed by atoms with van der Waals surface area (Å²) in [7, 11) is 0. The molecule has 0 fully saturated rings. The number of esters is 1. The van der Waals surface area contributed by atoms with Crippen LogP contribution in [0.2, 0.25) is 0 Å². The Hall–Kier alpha value is -1.65. The van der Waals surface area contributed by atoms with Crippen molar-refractivity contribution in [2.45, 2.75) is 52.2 Å². The zero-order chi connectivity index (χ0) is 15.3. The molecule has 0 N–H and O–H groups in total. The molecule has 0 aliphatic heterocycles. The number of ether oxygens (including phenoxy) is 2. The average Bonchev–Trinajstić information content (AvgIpc) is 2.29. The average molecular weight is 286 g/mol. The number of rotatable bonds is 5. The molecule has 0 aliphatic rings. The zero-order valence-electron chi connectivity index (χ0n) is 12.2. The molecule has 20 heavy (non-hydrogen) atoms. The summed E-state index contributed by atoms with van der Waals surface area (Å²) < 4.78 is 33.8. The topological polar surface area (TPSA) is 35.5 Å². The molecule has 0 radical (unpaired) electrons. The van der Waals surface area contributed by atoms with Gasteiger partial charge in [0, 0.05) is 0 Å². The van der Waals surface area contributed by atoms with Gasteiger partial charge in [-0.2, -0.15) is 8.78 Å². The Morgan fingerprint density at radius 2 is 1.75 bits per heavy atom. The van der Waals surface area contributed by atoms with Crippen molar-refractivity contribution in [3.05, 3.63) is 29.8 Å². The van der Waals surface area contributed by atoms with Crippen molar-refractivity contribution < 1.29 is 23.0 Å². The smallest absolute Gasteiger partial charge is 0.387 e. The van der Waals surface area contributed by atoms with E-state index in [9.17, 15) is 13.6 Å². The largest absolute Gasteiger partial charge is 0.459 e. The van der Waals surface area contributed by atoms with E-state index < -0.39 is 18.1 Å². The number of halogens is 2. The van der Waals surface area contributed by atoms with E-state index in [0.29, 0.717) is 6.42 Å². The molecule has 0 heterocycles. The molecule has 3 nitrogen and oxygen atoms in total. The molecule has 0 amide bonds. The van der Waals surface area contributed by atoms with Crippen LogP contribution in [0.3, 0.4) is 0 Å². The molecule has 0 aliphatic carbocycles. The van der Waals surface area contributed by atoms with E-state index in [4.69, 9.17) is 4.74 Å². The maximum atomic E-state index is 12.1. The summed E-state index contributed by atoms with van der Waals surface area (Å²) >= 11 is 0. The molecule has 1 rings (SSSR count). The van der Waals surface area contributed by atoms with E-state index in [2.05, 4.69) is 4.74 Å². The van der Waals surface area contributed by atoms with Gasteiger partial charge < -0.3 is 9.47 Å². The highest BCUT2D eigenvalue weighted by atomic mass is 19.3. The second kappa shape index (κ2) is 6.68. The van der Waals surface area contributed by atoms with Crippen LogP contribution >= 0.6 is 0 Å². The lowest BCUT2D eigenvalue weighted by Gasteiger charge is -2.23. The molecule has 1 aromatic carbocycles. The Bertz CT molecular complexity index is 435. The van der Waals surface area contributed by atoms with Gasteiger partial charge in [0.15, 0.2) is 0 Å². The molecule has 0 bridgehead atoms. The first-order chi connectivity index (χ1) is 9.23. The third kappa shape index (κ3) is 5.15. The number of benzene rings is 1. The predicted octanol–water partition coefficient (Wildman–Crippen LogP) is 4.12. The molecule has 0 aromatic heterocycles. The van der Waals surface area contributed by atoms with E-state index in [-0.39, 0.29) is 11.7 Å². The third-order valence-corrected chi connectivity index (χ3v) is 2.61. The molecule has 1 aromatic rings. The first-order valence-corrected chi connectivity index (χ1v) is 6.50. The first-order valence-electron chi connectivity index (χ1n) is 6.50. The fourth-order valence-electron chi connectivity index (χ4n) is 1.79. The van der Waals surface area contributed by atoms with Gasteiger partial charge in [-0.3, -0.25) is 4.79 Å². The van der Waals surface area contributed by atoms with E-state index in [1.165, 1.54) is 12.1 Å². The summed E-state index contributed by atoms with van der Waals surface area (Å²) in [5.74, 6) is -0.653. The number of carbonyl (C=O) groups excluding carboxylic acids is 1. The van der Waals surface area contributed by atoms with Gasteiger partial charge in [-0.1, -0.05) is 19.1 Å². The van der Waals surface area contributed by atoms with E-state index >= 15 is 0 Å². The number of hydrogen-bond acceptors (Lipinski definition) is 3. The molecule has 1 unspecified atom stereocenters. The standard InChI is InChI=1S/C15H20F2O3/c1-5-12(13(18)20-15(2,3)4)10-6-8-11(9-7-10)19-14(16)17/h6-9,12,14H,5H2,1-4H3. The Morgan fingerprint density at radius 3 is 2.15 bits per heavy atom. The van der Waals surface area contributed by atoms with E-state index in [1.807, 2.05) is 6.92 Å². The van der Waals surface area contributed by atoms with Crippen molar-refractivity contribution in [2.75, 3.05) is 0 Å². The number of carbonyl (C=O) groups is 1. The van der Waals surface area contributed by atoms with Crippen LogP contribution in [0.5, 0.6) is 5.75 Å². The molecule has 0 saturated carbocycles. The lowest BCUT2D eigenvalue weighted by atomic mass is 9.96. The maximum Gasteiger partial charge on any atom is 0.387 e. The van der Waals surface area contributed by atoms with Gasteiger partial charge in [-0.15, -0.1) is 0 Å². The van der Waals surface area contributed by atoms with Crippen LogP contribution < -0.4 is 4.74 Å². The highest BCUT2D eigenvalue weighted by molar-refractivity contribution is 5.78. The van der Waals surface area contributed by atoms with Crippen LogP contribution in [0.4, 0.5) is 8.78 Å². The minimum atomic E-state index is -2.85. The van der Waals surface area contributed by atoms with Gasteiger partial charge in [-0.25, -0.2) is 0 Å². The van der Waals surface area contributed by atoms with Crippen LogP contribution in [-0.4, -0.2) is 18.2 Å². The monoisotopic (exact) mass is 286 g/mol. The summed E-state index contributed by atoms with van der Waals surface area (Å²) in [6.45, 7) is 4.43. The normalized spacial score (nSPS) is 13.2. The Morgan fingerprint density at radius 1 is 1.20 bits per heavy atom. The molecular weight excluding hydrogens is 266 g/mol. The second-order valence-corrected chi connectivity index (χ2v) is 5.44.